The molecule has 23 heavy (non-hydrogen) atoms. The number of fused-ring (bicyclic) bond motifs is 1. The predicted molar refractivity (Wildman–Crippen MR) is 91.3 cm³/mol. The Hall–Kier alpha value is -2.08. The highest BCUT2D eigenvalue weighted by atomic mass is 16.2. The van der Waals surface area contributed by atoms with Crippen LogP contribution in [-0.2, 0) is 13.1 Å². The van der Waals surface area contributed by atoms with E-state index in [0.29, 0.717) is 6.54 Å². The second-order valence-corrected chi connectivity index (χ2v) is 6.06. The van der Waals surface area contributed by atoms with Crippen molar-refractivity contribution in [2.75, 3.05) is 33.2 Å². The van der Waals surface area contributed by atoms with Crippen LogP contribution >= 0.6 is 0 Å². The Bertz CT molecular complexity index is 681. The molecule has 0 radical (unpaired) electrons. The van der Waals surface area contributed by atoms with E-state index in [2.05, 4.69) is 39.8 Å². The van der Waals surface area contributed by atoms with E-state index >= 15 is 0 Å². The number of aromatic nitrogens is 2. The van der Waals surface area contributed by atoms with Crippen molar-refractivity contribution in [1.82, 2.24) is 24.7 Å². The van der Waals surface area contributed by atoms with Gasteiger partial charge in [-0.3, -0.25) is 0 Å². The number of para-hydroxylation sites is 2. The third-order valence-corrected chi connectivity index (χ3v) is 4.45. The molecule has 2 aromatic rings. The van der Waals surface area contributed by atoms with Crippen molar-refractivity contribution < 1.29 is 4.79 Å². The molecule has 0 bridgehead atoms. The van der Waals surface area contributed by atoms with Crippen LogP contribution in [0.4, 0.5) is 4.79 Å². The van der Waals surface area contributed by atoms with Gasteiger partial charge in [0.05, 0.1) is 17.6 Å². The largest absolute Gasteiger partial charge is 0.331 e. The molecule has 0 spiro atoms. The van der Waals surface area contributed by atoms with Crippen LogP contribution in [0.3, 0.4) is 0 Å². The average molecular weight is 315 g/mol. The van der Waals surface area contributed by atoms with E-state index in [4.69, 9.17) is 0 Å². The van der Waals surface area contributed by atoms with E-state index in [9.17, 15) is 4.79 Å². The van der Waals surface area contributed by atoms with Crippen LogP contribution < -0.4 is 5.32 Å². The highest BCUT2D eigenvalue weighted by Gasteiger charge is 2.18. The lowest BCUT2D eigenvalue weighted by Crippen LogP contribution is -2.41. The van der Waals surface area contributed by atoms with Gasteiger partial charge in [-0.2, -0.15) is 0 Å². The van der Waals surface area contributed by atoms with E-state index < -0.39 is 0 Å². The number of imidazole rings is 1. The zero-order valence-electron chi connectivity index (χ0n) is 14.0. The molecule has 124 valence electrons. The first-order valence-electron chi connectivity index (χ1n) is 8.34. The molecule has 1 aliphatic rings. The summed E-state index contributed by atoms with van der Waals surface area (Å²) in [6.45, 7) is 7.00. The van der Waals surface area contributed by atoms with E-state index in [1.807, 2.05) is 23.1 Å². The van der Waals surface area contributed by atoms with Gasteiger partial charge in [0.2, 0.25) is 0 Å². The van der Waals surface area contributed by atoms with Gasteiger partial charge in [0.15, 0.2) is 0 Å². The zero-order chi connectivity index (χ0) is 16.2. The maximum Gasteiger partial charge on any atom is 0.317 e. The first-order chi connectivity index (χ1) is 11.2. The molecule has 2 heterocycles. The maximum atomic E-state index is 12.4. The average Bonchev–Trinajstić information content (AvgIpc) is 2.78. The van der Waals surface area contributed by atoms with E-state index in [1.54, 1.807) is 0 Å². The second kappa shape index (κ2) is 7.00. The lowest BCUT2D eigenvalue weighted by Gasteiger charge is -2.21. The van der Waals surface area contributed by atoms with E-state index in [0.717, 1.165) is 56.0 Å². The predicted octanol–water partition coefficient (Wildman–Crippen LogP) is 1.90. The minimum Gasteiger partial charge on any atom is -0.331 e. The van der Waals surface area contributed by atoms with Crippen molar-refractivity contribution in [3.63, 3.8) is 0 Å². The fourth-order valence-electron chi connectivity index (χ4n) is 3.13. The minimum absolute atomic E-state index is 0.00927. The molecular formula is C17H25N5O. The molecule has 0 atom stereocenters. The first-order valence-corrected chi connectivity index (χ1v) is 8.34. The van der Waals surface area contributed by atoms with Crippen molar-refractivity contribution in [3.05, 3.63) is 30.1 Å². The van der Waals surface area contributed by atoms with E-state index in [-0.39, 0.29) is 6.03 Å². The number of carbonyl (C=O) groups is 1. The summed E-state index contributed by atoms with van der Waals surface area (Å²) < 4.78 is 2.16. The third kappa shape index (κ3) is 3.47. The summed E-state index contributed by atoms with van der Waals surface area (Å²) >= 11 is 0. The molecule has 1 N–H and O–H groups in total. The van der Waals surface area contributed by atoms with Gasteiger partial charge < -0.3 is 19.7 Å². The van der Waals surface area contributed by atoms with Crippen LogP contribution in [-0.4, -0.2) is 58.6 Å². The number of nitrogens with one attached hydrogen (secondary N) is 1. The van der Waals surface area contributed by atoms with Gasteiger partial charge in [-0.15, -0.1) is 0 Å². The Morgan fingerprint density at radius 3 is 2.87 bits per heavy atom. The zero-order valence-corrected chi connectivity index (χ0v) is 14.0. The SMILES string of the molecule is CCn1c(CNC(=O)N2CCCN(C)CC2)nc2ccccc21. The number of rotatable bonds is 3. The van der Waals surface area contributed by atoms with Crippen molar-refractivity contribution in [1.29, 1.82) is 0 Å². The van der Waals surface area contributed by atoms with Crippen LogP contribution in [0.15, 0.2) is 24.3 Å². The summed E-state index contributed by atoms with van der Waals surface area (Å²) in [5, 5.41) is 3.03. The summed E-state index contributed by atoms with van der Waals surface area (Å²) in [4.78, 5) is 21.2. The summed E-state index contributed by atoms with van der Waals surface area (Å²) in [6, 6.07) is 8.10. The van der Waals surface area contributed by atoms with Crippen molar-refractivity contribution in [3.8, 4) is 0 Å². The summed E-state index contributed by atoms with van der Waals surface area (Å²) in [5.74, 6) is 0.911. The quantitative estimate of drug-likeness (QED) is 0.941. The molecule has 1 fully saturated rings. The van der Waals surface area contributed by atoms with Gasteiger partial charge in [-0.1, -0.05) is 12.1 Å². The Morgan fingerprint density at radius 1 is 1.22 bits per heavy atom. The molecule has 1 saturated heterocycles. The Balaban J connectivity index is 1.67. The van der Waals surface area contributed by atoms with Gasteiger partial charge in [-0.05, 0) is 39.1 Å². The molecular weight excluding hydrogens is 290 g/mol. The molecule has 0 saturated carbocycles. The van der Waals surface area contributed by atoms with Gasteiger partial charge in [-0.25, -0.2) is 9.78 Å². The molecule has 0 unspecified atom stereocenters. The highest BCUT2D eigenvalue weighted by molar-refractivity contribution is 5.76. The van der Waals surface area contributed by atoms with Gasteiger partial charge >= 0.3 is 6.03 Å². The Kier molecular flexibility index (Phi) is 4.81. The van der Waals surface area contributed by atoms with Crippen LogP contribution in [0.1, 0.15) is 19.2 Å². The number of nitrogens with zero attached hydrogens (tertiary/aromatic N) is 4. The topological polar surface area (TPSA) is 53.4 Å². The summed E-state index contributed by atoms with van der Waals surface area (Å²) in [6.07, 6.45) is 1.03. The number of amides is 2. The lowest BCUT2D eigenvalue weighted by molar-refractivity contribution is 0.198. The van der Waals surface area contributed by atoms with Crippen LogP contribution in [0, 0.1) is 0 Å². The highest BCUT2D eigenvalue weighted by Crippen LogP contribution is 2.15. The Morgan fingerprint density at radius 2 is 2.04 bits per heavy atom. The van der Waals surface area contributed by atoms with Gasteiger partial charge in [0, 0.05) is 26.2 Å². The van der Waals surface area contributed by atoms with Crippen LogP contribution in [0.5, 0.6) is 0 Å². The molecule has 6 nitrogen and oxygen atoms in total. The Labute approximate surface area is 137 Å². The number of benzene rings is 1. The van der Waals surface area contributed by atoms with Gasteiger partial charge in [0.1, 0.15) is 5.82 Å². The first kappa shape index (κ1) is 15.8. The lowest BCUT2D eigenvalue weighted by atomic mass is 10.3. The number of hydrogen-bond acceptors (Lipinski definition) is 3. The second-order valence-electron chi connectivity index (χ2n) is 6.06. The molecule has 2 amide bonds. The van der Waals surface area contributed by atoms with Crippen molar-refractivity contribution in [2.45, 2.75) is 26.4 Å². The number of likely N-dealkylation sites (N-methyl/N-ethyl adjacent to an activating group) is 1. The van der Waals surface area contributed by atoms with E-state index in [1.165, 1.54) is 0 Å². The molecule has 1 aliphatic heterocycles. The smallest absolute Gasteiger partial charge is 0.317 e. The van der Waals surface area contributed by atoms with Crippen molar-refractivity contribution in [2.24, 2.45) is 0 Å². The number of urea groups is 1. The molecule has 0 aliphatic carbocycles. The summed E-state index contributed by atoms with van der Waals surface area (Å²) in [5.41, 5.74) is 2.10. The third-order valence-electron chi connectivity index (χ3n) is 4.45. The number of carbonyl (C=O) groups excluding carboxylic acids is 1. The monoisotopic (exact) mass is 315 g/mol. The fraction of sp³-hybridized carbons (Fsp3) is 0.529. The van der Waals surface area contributed by atoms with Crippen molar-refractivity contribution >= 4 is 17.1 Å². The normalized spacial score (nSPS) is 16.5. The minimum atomic E-state index is 0.00927. The number of aryl methyl sites for hydroxylation is 1. The molecule has 6 heteroatoms. The van der Waals surface area contributed by atoms with Crippen LogP contribution in [0.2, 0.25) is 0 Å². The fourth-order valence-corrected chi connectivity index (χ4v) is 3.13. The molecule has 1 aromatic carbocycles. The van der Waals surface area contributed by atoms with Crippen LogP contribution in [0.25, 0.3) is 11.0 Å². The maximum absolute atomic E-state index is 12.4. The number of hydrogen-bond donors (Lipinski definition) is 1. The summed E-state index contributed by atoms with van der Waals surface area (Å²) in [7, 11) is 2.10. The van der Waals surface area contributed by atoms with Gasteiger partial charge in [0.25, 0.3) is 0 Å². The standard InChI is InChI=1S/C17H25N5O/c1-3-22-15-8-5-4-7-14(15)19-16(22)13-18-17(23)21-10-6-9-20(2)11-12-21/h4-5,7-8H,3,6,9-13H2,1-2H3,(H,18,23). The molecule has 1 aromatic heterocycles. The molecule has 3 rings (SSSR count).